The lowest BCUT2D eigenvalue weighted by Crippen LogP contribution is -2.40. The van der Waals surface area contributed by atoms with E-state index in [1.54, 1.807) is 12.4 Å². The normalized spacial score (nSPS) is 31.2. The van der Waals surface area contributed by atoms with Gasteiger partial charge >= 0.3 is 0 Å². The van der Waals surface area contributed by atoms with Crippen molar-refractivity contribution in [2.24, 2.45) is 5.92 Å². The van der Waals surface area contributed by atoms with E-state index < -0.39 is 11.7 Å². The zero-order chi connectivity index (χ0) is 12.5. The molecule has 0 saturated heterocycles. The molecule has 0 bridgehead atoms. The standard InChI is InChI=1S/C14H21NO2/c1-10-3-6-14(17,7-4-10)13(16)12-9-15-8-5-11(12)2/h5,8-10,13,16-17H,3-4,6-7H2,1-2H3. The third-order valence-corrected chi connectivity index (χ3v) is 4.02. The van der Waals surface area contributed by atoms with Gasteiger partial charge in [0, 0.05) is 18.0 Å². The summed E-state index contributed by atoms with van der Waals surface area (Å²) in [6, 6.07) is 1.87. The summed E-state index contributed by atoms with van der Waals surface area (Å²) in [6.07, 6.45) is 5.85. The maximum atomic E-state index is 10.6. The maximum absolute atomic E-state index is 10.6. The zero-order valence-corrected chi connectivity index (χ0v) is 10.6. The van der Waals surface area contributed by atoms with E-state index in [0.717, 1.165) is 24.0 Å². The largest absolute Gasteiger partial charge is 0.387 e. The van der Waals surface area contributed by atoms with Crippen molar-refractivity contribution in [2.45, 2.75) is 51.2 Å². The number of hydrogen-bond acceptors (Lipinski definition) is 3. The van der Waals surface area contributed by atoms with Gasteiger partial charge in [-0.25, -0.2) is 0 Å². The summed E-state index contributed by atoms with van der Waals surface area (Å²) in [7, 11) is 0. The van der Waals surface area contributed by atoms with Crippen molar-refractivity contribution in [3.63, 3.8) is 0 Å². The Labute approximate surface area is 103 Å². The van der Waals surface area contributed by atoms with Gasteiger partial charge in [0.05, 0.1) is 5.60 Å². The smallest absolute Gasteiger partial charge is 0.109 e. The van der Waals surface area contributed by atoms with E-state index in [0.29, 0.717) is 18.8 Å². The fraction of sp³-hybridized carbons (Fsp3) is 0.643. The van der Waals surface area contributed by atoms with Gasteiger partial charge in [-0.1, -0.05) is 6.92 Å². The van der Waals surface area contributed by atoms with Crippen LogP contribution in [0.5, 0.6) is 0 Å². The molecule has 1 aromatic heterocycles. The number of rotatable bonds is 2. The second-order valence-corrected chi connectivity index (χ2v) is 5.42. The van der Waals surface area contributed by atoms with Crippen molar-refractivity contribution < 1.29 is 10.2 Å². The molecule has 2 N–H and O–H groups in total. The van der Waals surface area contributed by atoms with Gasteiger partial charge in [0.15, 0.2) is 0 Å². The van der Waals surface area contributed by atoms with Crippen molar-refractivity contribution in [2.75, 3.05) is 0 Å². The number of aliphatic hydroxyl groups excluding tert-OH is 1. The van der Waals surface area contributed by atoms with Crippen LogP contribution in [0.4, 0.5) is 0 Å². The van der Waals surface area contributed by atoms with Crippen molar-refractivity contribution in [3.05, 3.63) is 29.6 Å². The summed E-state index contributed by atoms with van der Waals surface area (Å²) in [4.78, 5) is 4.04. The van der Waals surface area contributed by atoms with E-state index in [4.69, 9.17) is 0 Å². The molecule has 0 spiro atoms. The summed E-state index contributed by atoms with van der Waals surface area (Å²) in [5.74, 6) is 0.650. The molecule has 1 aliphatic rings. The third-order valence-electron chi connectivity index (χ3n) is 4.02. The topological polar surface area (TPSA) is 53.4 Å². The van der Waals surface area contributed by atoms with Crippen molar-refractivity contribution in [1.82, 2.24) is 4.98 Å². The molecule has 1 fully saturated rings. The lowest BCUT2D eigenvalue weighted by molar-refractivity contribution is -0.105. The third kappa shape index (κ3) is 2.50. The van der Waals surface area contributed by atoms with Crippen LogP contribution < -0.4 is 0 Å². The summed E-state index contributed by atoms with van der Waals surface area (Å²) < 4.78 is 0. The number of aryl methyl sites for hydroxylation is 1. The van der Waals surface area contributed by atoms with E-state index >= 15 is 0 Å². The molecule has 1 unspecified atom stereocenters. The lowest BCUT2D eigenvalue weighted by Gasteiger charge is -2.38. The molecule has 17 heavy (non-hydrogen) atoms. The highest BCUT2D eigenvalue weighted by molar-refractivity contribution is 5.26. The fourth-order valence-corrected chi connectivity index (χ4v) is 2.59. The molecule has 1 heterocycles. The number of nitrogens with zero attached hydrogens (tertiary/aromatic N) is 1. The van der Waals surface area contributed by atoms with Crippen LogP contribution in [0.15, 0.2) is 18.5 Å². The SMILES string of the molecule is Cc1ccncc1C(O)C1(O)CCC(C)CC1. The minimum Gasteiger partial charge on any atom is -0.387 e. The molecule has 3 nitrogen and oxygen atoms in total. The van der Waals surface area contributed by atoms with Gasteiger partial charge in [-0.05, 0) is 50.2 Å². The summed E-state index contributed by atoms with van der Waals surface area (Å²) >= 11 is 0. The molecular formula is C14H21NO2. The summed E-state index contributed by atoms with van der Waals surface area (Å²) in [5.41, 5.74) is 0.768. The van der Waals surface area contributed by atoms with Gasteiger partial charge in [0.2, 0.25) is 0 Å². The molecule has 0 amide bonds. The van der Waals surface area contributed by atoms with E-state index in [2.05, 4.69) is 11.9 Å². The van der Waals surface area contributed by atoms with Gasteiger partial charge in [-0.2, -0.15) is 0 Å². The first-order valence-corrected chi connectivity index (χ1v) is 6.34. The van der Waals surface area contributed by atoms with E-state index in [1.807, 2.05) is 13.0 Å². The predicted molar refractivity (Wildman–Crippen MR) is 66.5 cm³/mol. The predicted octanol–water partition coefficient (Wildman–Crippen LogP) is 2.36. The van der Waals surface area contributed by atoms with Crippen LogP contribution in [-0.4, -0.2) is 20.8 Å². The van der Waals surface area contributed by atoms with Crippen molar-refractivity contribution >= 4 is 0 Å². The number of pyridine rings is 1. The zero-order valence-electron chi connectivity index (χ0n) is 10.6. The second kappa shape index (κ2) is 4.75. The van der Waals surface area contributed by atoms with Crippen LogP contribution in [0.3, 0.4) is 0 Å². The lowest BCUT2D eigenvalue weighted by atomic mass is 9.74. The van der Waals surface area contributed by atoms with Gasteiger partial charge in [0.1, 0.15) is 6.10 Å². The molecule has 0 aliphatic heterocycles. The summed E-state index contributed by atoms with van der Waals surface area (Å²) in [6.45, 7) is 4.14. The maximum Gasteiger partial charge on any atom is 0.109 e. The number of aliphatic hydroxyl groups is 2. The van der Waals surface area contributed by atoms with Crippen LogP contribution in [0.2, 0.25) is 0 Å². The highest BCUT2D eigenvalue weighted by Gasteiger charge is 2.39. The van der Waals surface area contributed by atoms with Crippen molar-refractivity contribution in [1.29, 1.82) is 0 Å². The average molecular weight is 235 g/mol. The molecule has 94 valence electrons. The first-order valence-electron chi connectivity index (χ1n) is 6.34. The van der Waals surface area contributed by atoms with Crippen LogP contribution >= 0.6 is 0 Å². The Bertz CT molecular complexity index is 384. The molecule has 1 saturated carbocycles. The quantitative estimate of drug-likeness (QED) is 0.827. The average Bonchev–Trinajstić information content (AvgIpc) is 2.33. The van der Waals surface area contributed by atoms with Crippen LogP contribution in [0.25, 0.3) is 0 Å². The molecular weight excluding hydrogens is 214 g/mol. The van der Waals surface area contributed by atoms with Crippen LogP contribution in [0.1, 0.15) is 49.8 Å². The second-order valence-electron chi connectivity index (χ2n) is 5.42. The summed E-state index contributed by atoms with van der Waals surface area (Å²) in [5, 5.41) is 20.9. The molecule has 1 aromatic rings. The highest BCUT2D eigenvalue weighted by atomic mass is 16.3. The van der Waals surface area contributed by atoms with Gasteiger partial charge in [-0.3, -0.25) is 4.98 Å². The Hall–Kier alpha value is -0.930. The minimum atomic E-state index is -0.972. The van der Waals surface area contributed by atoms with Gasteiger partial charge < -0.3 is 10.2 Å². The molecule has 0 radical (unpaired) electrons. The fourth-order valence-electron chi connectivity index (χ4n) is 2.59. The minimum absolute atomic E-state index is 0.650. The van der Waals surface area contributed by atoms with E-state index in [1.165, 1.54) is 0 Å². The first kappa shape index (κ1) is 12.5. The molecule has 3 heteroatoms. The number of hydrogen-bond donors (Lipinski definition) is 2. The van der Waals surface area contributed by atoms with E-state index in [9.17, 15) is 10.2 Å². The Morgan fingerprint density at radius 1 is 1.41 bits per heavy atom. The monoisotopic (exact) mass is 235 g/mol. The van der Waals surface area contributed by atoms with Crippen LogP contribution in [0, 0.1) is 12.8 Å². The molecule has 0 aromatic carbocycles. The van der Waals surface area contributed by atoms with Crippen molar-refractivity contribution in [3.8, 4) is 0 Å². The molecule has 2 rings (SSSR count). The highest BCUT2D eigenvalue weighted by Crippen LogP contribution is 2.40. The van der Waals surface area contributed by atoms with Crippen LogP contribution in [-0.2, 0) is 0 Å². The van der Waals surface area contributed by atoms with Gasteiger partial charge in [-0.15, -0.1) is 0 Å². The van der Waals surface area contributed by atoms with Gasteiger partial charge in [0.25, 0.3) is 0 Å². The Kier molecular flexibility index (Phi) is 3.50. The Morgan fingerprint density at radius 2 is 2.06 bits per heavy atom. The molecule has 1 atom stereocenters. The molecule has 1 aliphatic carbocycles. The van der Waals surface area contributed by atoms with E-state index in [-0.39, 0.29) is 0 Å². The first-order chi connectivity index (χ1) is 8.03. The Morgan fingerprint density at radius 3 is 2.65 bits per heavy atom. The number of aromatic nitrogens is 1. The Balaban J connectivity index is 2.20.